The predicted molar refractivity (Wildman–Crippen MR) is 81.0 cm³/mol. The van der Waals surface area contributed by atoms with Gasteiger partial charge < -0.3 is 10.1 Å². The molecule has 1 aromatic carbocycles. The van der Waals surface area contributed by atoms with Crippen molar-refractivity contribution in [3.8, 4) is 5.75 Å². The van der Waals surface area contributed by atoms with Crippen LogP contribution in [-0.4, -0.2) is 45.5 Å². The van der Waals surface area contributed by atoms with Crippen molar-refractivity contribution in [3.63, 3.8) is 0 Å². The molecule has 2 fully saturated rings. The molecule has 2 aliphatic heterocycles. The van der Waals surface area contributed by atoms with Crippen molar-refractivity contribution in [1.29, 1.82) is 0 Å². The van der Waals surface area contributed by atoms with E-state index in [1.54, 1.807) is 29.6 Å². The first-order valence-corrected chi connectivity index (χ1v) is 8.84. The van der Waals surface area contributed by atoms with Crippen molar-refractivity contribution in [3.05, 3.63) is 23.8 Å². The van der Waals surface area contributed by atoms with E-state index in [4.69, 9.17) is 4.74 Å². The standard InChI is InChI=1S/C15H22N2O3S/c1-11-8-13(5-6-15(11)20-2)21(18,19)17-9-12-4-3-7-16-14(12)10-17/h5-6,8,12,14,16H,3-4,7,9-10H2,1-2H3. The van der Waals surface area contributed by atoms with Crippen LogP contribution in [0.2, 0.25) is 0 Å². The first-order chi connectivity index (χ1) is 10.0. The maximum absolute atomic E-state index is 12.8. The summed E-state index contributed by atoms with van der Waals surface area (Å²) in [5.74, 6) is 1.17. The van der Waals surface area contributed by atoms with Crippen LogP contribution >= 0.6 is 0 Å². The fraction of sp³-hybridized carbons (Fsp3) is 0.600. The molecule has 2 heterocycles. The van der Waals surface area contributed by atoms with Crippen molar-refractivity contribution < 1.29 is 13.2 Å². The maximum atomic E-state index is 12.8. The van der Waals surface area contributed by atoms with Gasteiger partial charge >= 0.3 is 0 Å². The number of nitrogens with one attached hydrogen (secondary N) is 1. The van der Waals surface area contributed by atoms with E-state index in [-0.39, 0.29) is 0 Å². The molecule has 0 radical (unpaired) electrons. The molecule has 2 atom stereocenters. The lowest BCUT2D eigenvalue weighted by Gasteiger charge is -2.24. The van der Waals surface area contributed by atoms with E-state index in [1.165, 1.54) is 0 Å². The van der Waals surface area contributed by atoms with Crippen LogP contribution in [-0.2, 0) is 10.0 Å². The Kier molecular flexibility index (Phi) is 3.94. The van der Waals surface area contributed by atoms with Gasteiger partial charge in [-0.05, 0) is 56.0 Å². The third-order valence-corrected chi connectivity index (χ3v) is 6.40. The summed E-state index contributed by atoms with van der Waals surface area (Å²) in [6, 6.07) is 5.37. The first kappa shape index (κ1) is 14.8. The SMILES string of the molecule is COc1ccc(S(=O)(=O)N2CC3CCCNC3C2)cc1C. The monoisotopic (exact) mass is 310 g/mol. The Morgan fingerprint density at radius 2 is 2.14 bits per heavy atom. The predicted octanol–water partition coefficient (Wildman–Crippen LogP) is 1.38. The fourth-order valence-corrected chi connectivity index (χ4v) is 4.97. The lowest BCUT2D eigenvalue weighted by molar-refractivity contribution is 0.339. The Labute approximate surface area is 126 Å². The van der Waals surface area contributed by atoms with Gasteiger partial charge in [-0.15, -0.1) is 0 Å². The number of sulfonamides is 1. The van der Waals surface area contributed by atoms with E-state index in [9.17, 15) is 8.42 Å². The van der Waals surface area contributed by atoms with E-state index in [2.05, 4.69) is 5.32 Å². The molecule has 0 bridgehead atoms. The molecule has 2 aliphatic rings. The third-order valence-electron chi connectivity index (χ3n) is 4.57. The summed E-state index contributed by atoms with van der Waals surface area (Å²) < 4.78 is 32.4. The highest BCUT2D eigenvalue weighted by Gasteiger charge is 2.40. The molecule has 0 amide bonds. The van der Waals surface area contributed by atoms with Crippen LogP contribution in [0.5, 0.6) is 5.75 Å². The Morgan fingerprint density at radius 3 is 2.81 bits per heavy atom. The van der Waals surface area contributed by atoms with Gasteiger partial charge in [0.2, 0.25) is 10.0 Å². The summed E-state index contributed by atoms with van der Waals surface area (Å²) in [6.45, 7) is 4.07. The molecule has 2 unspecified atom stereocenters. The van der Waals surface area contributed by atoms with Crippen molar-refractivity contribution in [2.24, 2.45) is 5.92 Å². The van der Waals surface area contributed by atoms with Crippen molar-refractivity contribution >= 4 is 10.0 Å². The summed E-state index contributed by atoms with van der Waals surface area (Å²) >= 11 is 0. The molecule has 5 nitrogen and oxygen atoms in total. The van der Waals surface area contributed by atoms with Crippen molar-refractivity contribution in [1.82, 2.24) is 9.62 Å². The number of hydrogen-bond donors (Lipinski definition) is 1. The molecule has 0 spiro atoms. The van der Waals surface area contributed by atoms with Crippen molar-refractivity contribution in [2.75, 3.05) is 26.7 Å². The van der Waals surface area contributed by atoms with Crippen LogP contribution in [0.1, 0.15) is 18.4 Å². The van der Waals surface area contributed by atoms with Gasteiger partial charge in [-0.3, -0.25) is 0 Å². The van der Waals surface area contributed by atoms with Gasteiger partial charge in [0, 0.05) is 19.1 Å². The van der Waals surface area contributed by atoms with Gasteiger partial charge in [0.25, 0.3) is 0 Å². The van der Waals surface area contributed by atoms with Gasteiger partial charge in [-0.1, -0.05) is 0 Å². The number of aryl methyl sites for hydroxylation is 1. The van der Waals surface area contributed by atoms with Crippen LogP contribution in [0, 0.1) is 12.8 Å². The Bertz CT molecular complexity index is 616. The van der Waals surface area contributed by atoms with Gasteiger partial charge in [0.05, 0.1) is 12.0 Å². The number of nitrogens with zero attached hydrogens (tertiary/aromatic N) is 1. The van der Waals surface area contributed by atoms with E-state index >= 15 is 0 Å². The molecule has 6 heteroatoms. The Morgan fingerprint density at radius 1 is 1.33 bits per heavy atom. The van der Waals surface area contributed by atoms with Gasteiger partial charge in [-0.25, -0.2) is 8.42 Å². The van der Waals surface area contributed by atoms with Crippen LogP contribution in [0.25, 0.3) is 0 Å². The molecule has 0 saturated carbocycles. The third kappa shape index (κ3) is 2.67. The van der Waals surface area contributed by atoms with E-state index < -0.39 is 10.0 Å². The van der Waals surface area contributed by atoms with Crippen molar-refractivity contribution in [2.45, 2.75) is 30.7 Å². The Balaban J connectivity index is 1.85. The number of methoxy groups -OCH3 is 1. The number of hydrogen-bond acceptors (Lipinski definition) is 4. The second kappa shape index (κ2) is 5.59. The molecule has 2 saturated heterocycles. The molecule has 1 N–H and O–H groups in total. The molecule has 116 valence electrons. The summed E-state index contributed by atoms with van der Waals surface area (Å²) in [7, 11) is -1.82. The smallest absolute Gasteiger partial charge is 0.243 e. The lowest BCUT2D eigenvalue weighted by Crippen LogP contribution is -2.41. The highest BCUT2D eigenvalue weighted by atomic mass is 32.2. The number of piperidine rings is 1. The summed E-state index contributed by atoms with van der Waals surface area (Å²) in [4.78, 5) is 0.361. The molecule has 0 aromatic heterocycles. The van der Waals surface area contributed by atoms with Crippen LogP contribution in [0.3, 0.4) is 0 Å². The van der Waals surface area contributed by atoms with Gasteiger partial charge in [-0.2, -0.15) is 4.31 Å². The fourth-order valence-electron chi connectivity index (χ4n) is 3.36. The van der Waals surface area contributed by atoms with E-state index in [0.29, 0.717) is 35.7 Å². The first-order valence-electron chi connectivity index (χ1n) is 7.40. The minimum Gasteiger partial charge on any atom is -0.496 e. The highest BCUT2D eigenvalue weighted by Crippen LogP contribution is 2.30. The summed E-state index contributed by atoms with van der Waals surface area (Å²) in [5, 5.41) is 3.44. The lowest BCUT2D eigenvalue weighted by atomic mass is 9.94. The number of rotatable bonds is 3. The van der Waals surface area contributed by atoms with E-state index in [1.807, 2.05) is 6.92 Å². The molecule has 21 heavy (non-hydrogen) atoms. The zero-order chi connectivity index (χ0) is 15.0. The normalized spacial score (nSPS) is 26.6. The van der Waals surface area contributed by atoms with Crippen LogP contribution in [0.4, 0.5) is 0 Å². The molecular weight excluding hydrogens is 288 g/mol. The number of ether oxygens (including phenoxy) is 1. The zero-order valence-corrected chi connectivity index (χ0v) is 13.3. The second-order valence-corrected chi connectivity index (χ2v) is 7.85. The number of fused-ring (bicyclic) bond motifs is 1. The number of benzene rings is 1. The quantitative estimate of drug-likeness (QED) is 0.916. The maximum Gasteiger partial charge on any atom is 0.243 e. The minimum absolute atomic E-state index is 0.313. The van der Waals surface area contributed by atoms with Crippen LogP contribution < -0.4 is 10.1 Å². The largest absolute Gasteiger partial charge is 0.496 e. The van der Waals surface area contributed by atoms with E-state index in [0.717, 1.165) is 24.9 Å². The van der Waals surface area contributed by atoms with Gasteiger partial charge in [0.15, 0.2) is 0 Å². The molecular formula is C15H22N2O3S. The second-order valence-electron chi connectivity index (χ2n) is 5.92. The topological polar surface area (TPSA) is 58.6 Å². The minimum atomic E-state index is -3.41. The van der Waals surface area contributed by atoms with Crippen LogP contribution in [0.15, 0.2) is 23.1 Å². The molecule has 1 aromatic rings. The zero-order valence-electron chi connectivity index (χ0n) is 12.5. The summed E-state index contributed by atoms with van der Waals surface area (Å²) in [6.07, 6.45) is 2.25. The Hall–Kier alpha value is -1.11. The van der Waals surface area contributed by atoms with Gasteiger partial charge in [0.1, 0.15) is 5.75 Å². The summed E-state index contributed by atoms with van der Waals surface area (Å²) in [5.41, 5.74) is 0.841. The average Bonchev–Trinajstić information content (AvgIpc) is 2.92. The molecule has 3 rings (SSSR count). The average molecular weight is 310 g/mol. The molecule has 0 aliphatic carbocycles. The highest BCUT2D eigenvalue weighted by molar-refractivity contribution is 7.89.